The van der Waals surface area contributed by atoms with E-state index in [1.54, 1.807) is 39.1 Å². The van der Waals surface area contributed by atoms with Gasteiger partial charge in [0, 0.05) is 36.5 Å². The maximum absolute atomic E-state index is 13.3. The number of nitrogens with one attached hydrogen (secondary N) is 3. The number of anilines is 1. The van der Waals surface area contributed by atoms with Gasteiger partial charge >= 0.3 is 6.09 Å². The number of benzene rings is 2. The van der Waals surface area contributed by atoms with Crippen LogP contribution in [0.2, 0.25) is 0 Å². The van der Waals surface area contributed by atoms with E-state index in [-0.39, 0.29) is 17.6 Å². The summed E-state index contributed by atoms with van der Waals surface area (Å²) in [6, 6.07) is 13.1. The zero-order valence-corrected chi connectivity index (χ0v) is 23.6. The number of thiazole rings is 1. The molecule has 0 saturated heterocycles. The van der Waals surface area contributed by atoms with Crippen LogP contribution in [0.25, 0.3) is 21.0 Å². The lowest BCUT2D eigenvalue weighted by Gasteiger charge is -2.23. The summed E-state index contributed by atoms with van der Waals surface area (Å²) in [7, 11) is 0. The smallest absolute Gasteiger partial charge is 0.411 e. The molecule has 0 radical (unpaired) electrons. The van der Waals surface area contributed by atoms with Crippen LogP contribution in [0, 0.1) is 0 Å². The third-order valence-corrected chi connectivity index (χ3v) is 7.56. The van der Waals surface area contributed by atoms with Gasteiger partial charge in [-0.3, -0.25) is 10.1 Å². The normalized spacial score (nSPS) is 12.3. The van der Waals surface area contributed by atoms with E-state index in [9.17, 15) is 14.1 Å². The van der Waals surface area contributed by atoms with Crippen molar-refractivity contribution in [1.82, 2.24) is 15.0 Å². The first-order valence-electron chi connectivity index (χ1n) is 12.1. The summed E-state index contributed by atoms with van der Waals surface area (Å²) in [4.78, 5) is 29.6. The Kier molecular flexibility index (Phi) is 9.72. The Bertz CT molecular complexity index is 1220. The molecule has 2 aromatic carbocycles. The Balaban J connectivity index is 1.86. The molecule has 0 aliphatic carbocycles. The van der Waals surface area contributed by atoms with E-state index in [0.717, 1.165) is 26.6 Å². The Hall–Kier alpha value is -2.92. The lowest BCUT2D eigenvalue weighted by Crippen LogP contribution is -2.40. The number of hydrogen-bond acceptors (Lipinski definition) is 7. The maximum atomic E-state index is 13.3. The van der Waals surface area contributed by atoms with E-state index >= 15 is 0 Å². The Morgan fingerprint density at radius 3 is 2.46 bits per heavy atom. The number of carbonyl (C=O) groups is 2. The van der Waals surface area contributed by atoms with Crippen molar-refractivity contribution < 1.29 is 18.9 Å². The van der Waals surface area contributed by atoms with Crippen LogP contribution in [0.1, 0.15) is 53.5 Å². The third-order valence-electron chi connectivity index (χ3n) is 4.95. The fraction of sp³-hybridized carbons (Fsp3) is 0.370. The lowest BCUT2D eigenvalue weighted by molar-refractivity contribution is -0.120. The molecule has 3 aromatic rings. The van der Waals surface area contributed by atoms with Gasteiger partial charge in [0.25, 0.3) is 0 Å². The summed E-state index contributed by atoms with van der Waals surface area (Å²) < 4.78 is 21.6. The molecule has 198 valence electrons. The monoisotopic (exact) mass is 542 g/mol. The fourth-order valence-corrected chi connectivity index (χ4v) is 5.61. The van der Waals surface area contributed by atoms with Crippen molar-refractivity contribution >= 4 is 40.4 Å². The molecule has 8 nitrogen and oxygen atoms in total. The second-order valence-electron chi connectivity index (χ2n) is 9.77. The Morgan fingerprint density at radius 1 is 1.14 bits per heavy atom. The minimum Gasteiger partial charge on any atom is -0.593 e. The first kappa shape index (κ1) is 28.6. The molecule has 10 heteroatoms. The van der Waals surface area contributed by atoms with Crippen molar-refractivity contribution in [1.29, 1.82) is 0 Å². The van der Waals surface area contributed by atoms with E-state index in [4.69, 9.17) is 4.74 Å². The van der Waals surface area contributed by atoms with Crippen LogP contribution >= 0.6 is 11.3 Å². The minimum absolute atomic E-state index is 0.0373. The average Bonchev–Trinajstić information content (AvgIpc) is 3.31. The standard InChI is InChI=1S/C27H34N4O4S2/c1-7-24(32)28-15-18-8-13-21(23(14-18)37(34)31-27(4,5)6)22-16-29-25(36-22)19-9-11-20(12-10-19)30-26(33)35-17(2)3/h8-14,16-17,31H,7,15H2,1-6H3,(H,28,32)(H,30,33). The maximum Gasteiger partial charge on any atom is 0.411 e. The van der Waals surface area contributed by atoms with Crippen LogP contribution in [0.15, 0.2) is 53.6 Å². The summed E-state index contributed by atoms with van der Waals surface area (Å²) in [5.74, 6) is -0.0373. The molecule has 0 aliphatic heterocycles. The third kappa shape index (κ3) is 8.57. The molecule has 0 bridgehead atoms. The highest BCUT2D eigenvalue weighted by molar-refractivity contribution is 7.89. The molecule has 1 aromatic heterocycles. The summed E-state index contributed by atoms with van der Waals surface area (Å²) in [6.07, 6.45) is 1.49. The predicted molar refractivity (Wildman–Crippen MR) is 150 cm³/mol. The molecule has 0 fully saturated rings. The molecule has 0 aliphatic rings. The van der Waals surface area contributed by atoms with Crippen molar-refractivity contribution in [2.24, 2.45) is 0 Å². The van der Waals surface area contributed by atoms with Crippen molar-refractivity contribution in [3.05, 3.63) is 54.2 Å². The Labute approximate surface area is 225 Å². The number of hydrogen-bond donors (Lipinski definition) is 3. The van der Waals surface area contributed by atoms with Crippen molar-refractivity contribution in [2.75, 3.05) is 5.32 Å². The van der Waals surface area contributed by atoms with E-state index in [0.29, 0.717) is 23.5 Å². The van der Waals surface area contributed by atoms with Gasteiger partial charge in [-0.2, -0.15) is 0 Å². The second-order valence-corrected chi connectivity index (χ2v) is 12.0. The largest absolute Gasteiger partial charge is 0.593 e. The van der Waals surface area contributed by atoms with E-state index in [1.807, 2.05) is 51.1 Å². The van der Waals surface area contributed by atoms with Gasteiger partial charge < -0.3 is 14.6 Å². The molecular formula is C27H34N4O4S2. The molecule has 1 unspecified atom stereocenters. The number of rotatable bonds is 9. The highest BCUT2D eigenvalue weighted by atomic mass is 32.2. The average molecular weight is 543 g/mol. The van der Waals surface area contributed by atoms with Crippen LogP contribution in [0.4, 0.5) is 10.5 Å². The predicted octanol–water partition coefficient (Wildman–Crippen LogP) is 5.87. The number of aromatic nitrogens is 1. The zero-order valence-electron chi connectivity index (χ0n) is 22.0. The van der Waals surface area contributed by atoms with Gasteiger partial charge in [-0.15, -0.1) is 16.1 Å². The van der Waals surface area contributed by atoms with Gasteiger partial charge in [0.2, 0.25) is 5.91 Å². The number of ether oxygens (including phenoxy) is 1. The molecule has 0 saturated carbocycles. The van der Waals surface area contributed by atoms with Gasteiger partial charge in [-0.05, 0) is 70.5 Å². The summed E-state index contributed by atoms with van der Waals surface area (Å²) in [5.41, 5.74) is 2.86. The van der Waals surface area contributed by atoms with E-state index < -0.39 is 17.5 Å². The van der Waals surface area contributed by atoms with Crippen LogP contribution < -0.4 is 15.4 Å². The topological polar surface area (TPSA) is 115 Å². The number of nitrogens with zero attached hydrogens (tertiary/aromatic N) is 1. The van der Waals surface area contributed by atoms with Crippen molar-refractivity contribution in [3.8, 4) is 21.0 Å². The summed E-state index contributed by atoms with van der Waals surface area (Å²) >= 11 is 0.0137. The van der Waals surface area contributed by atoms with Gasteiger partial charge in [-0.25, -0.2) is 9.78 Å². The first-order valence-corrected chi connectivity index (χ1v) is 14.0. The number of amides is 2. The summed E-state index contributed by atoms with van der Waals surface area (Å²) in [6.45, 7) is 11.6. The van der Waals surface area contributed by atoms with Crippen molar-refractivity contribution in [2.45, 2.75) is 71.0 Å². The molecular weight excluding hydrogens is 508 g/mol. The van der Waals surface area contributed by atoms with Gasteiger partial charge in [0.15, 0.2) is 4.90 Å². The Morgan fingerprint density at radius 2 is 1.84 bits per heavy atom. The SMILES string of the molecule is CCC(=O)NCc1ccc(-c2cnc(-c3ccc(NC(=O)OC(C)C)cc3)s2)c([S+]([O-])NC(C)(C)C)c1. The molecule has 3 N–H and O–H groups in total. The van der Waals surface area contributed by atoms with E-state index in [1.165, 1.54) is 11.3 Å². The number of carbonyl (C=O) groups excluding carboxylic acids is 2. The van der Waals surface area contributed by atoms with E-state index in [2.05, 4.69) is 20.3 Å². The van der Waals surface area contributed by atoms with Crippen molar-refractivity contribution in [3.63, 3.8) is 0 Å². The minimum atomic E-state index is -1.48. The van der Waals surface area contributed by atoms with Crippen LogP contribution in [-0.2, 0) is 27.4 Å². The van der Waals surface area contributed by atoms with Gasteiger partial charge in [0.05, 0.1) is 33.4 Å². The highest BCUT2D eigenvalue weighted by Crippen LogP contribution is 2.36. The summed E-state index contributed by atoms with van der Waals surface area (Å²) in [5, 5.41) is 6.37. The second kappa shape index (κ2) is 12.6. The highest BCUT2D eigenvalue weighted by Gasteiger charge is 2.25. The quantitative estimate of drug-likeness (QED) is 0.291. The molecule has 3 rings (SSSR count). The van der Waals surface area contributed by atoms with Crippen LogP contribution in [0.5, 0.6) is 0 Å². The molecule has 1 heterocycles. The molecule has 2 amide bonds. The van der Waals surface area contributed by atoms with Gasteiger partial charge in [-0.1, -0.05) is 13.0 Å². The molecule has 0 spiro atoms. The zero-order chi connectivity index (χ0) is 27.2. The van der Waals surface area contributed by atoms with Crippen LogP contribution in [0.3, 0.4) is 0 Å². The van der Waals surface area contributed by atoms with Gasteiger partial charge in [0.1, 0.15) is 5.01 Å². The first-order chi connectivity index (χ1) is 17.4. The lowest BCUT2D eigenvalue weighted by atomic mass is 10.1. The molecule has 1 atom stereocenters. The fourth-order valence-electron chi connectivity index (χ4n) is 3.28. The molecule has 37 heavy (non-hydrogen) atoms. The van der Waals surface area contributed by atoms with Crippen LogP contribution in [-0.4, -0.2) is 33.2 Å².